The molecule has 1 aliphatic heterocycles. The highest BCUT2D eigenvalue weighted by atomic mass is 16.4. The predicted molar refractivity (Wildman–Crippen MR) is 79.0 cm³/mol. The Labute approximate surface area is 124 Å². The van der Waals surface area contributed by atoms with Gasteiger partial charge in [-0.25, -0.2) is 4.79 Å². The summed E-state index contributed by atoms with van der Waals surface area (Å²) in [6, 6.07) is 8.50. The summed E-state index contributed by atoms with van der Waals surface area (Å²) in [5.41, 5.74) is 0.807. The second-order valence-electron chi connectivity index (χ2n) is 5.10. The lowest BCUT2D eigenvalue weighted by atomic mass is 10.0. The third-order valence-electron chi connectivity index (χ3n) is 3.51. The molecule has 0 spiro atoms. The zero-order chi connectivity index (χ0) is 15.1. The second-order valence-corrected chi connectivity index (χ2v) is 5.10. The maximum absolute atomic E-state index is 12.3. The standard InChI is InChI=1S/C15H21N3O3/c19-14(20)11-13(12-5-2-1-3-6-12)17-15(21)18-9-4-7-16-8-10-18/h1-3,5-6,13,16H,4,7-11H2,(H,17,21)(H,19,20). The number of rotatable bonds is 4. The van der Waals surface area contributed by atoms with Gasteiger partial charge in [-0.1, -0.05) is 30.3 Å². The Bertz CT molecular complexity index is 470. The normalized spacial score (nSPS) is 16.9. The topological polar surface area (TPSA) is 81.7 Å². The quantitative estimate of drug-likeness (QED) is 0.779. The summed E-state index contributed by atoms with van der Waals surface area (Å²) in [6.07, 6.45) is 0.782. The summed E-state index contributed by atoms with van der Waals surface area (Å²) in [6.45, 7) is 3.00. The number of benzene rings is 1. The van der Waals surface area contributed by atoms with E-state index in [0.717, 1.165) is 25.1 Å². The van der Waals surface area contributed by atoms with Crippen molar-refractivity contribution >= 4 is 12.0 Å². The fraction of sp³-hybridized carbons (Fsp3) is 0.467. The SMILES string of the molecule is O=C(O)CC(NC(=O)N1CCCNCC1)c1ccccc1. The lowest BCUT2D eigenvalue weighted by molar-refractivity contribution is -0.137. The van der Waals surface area contributed by atoms with Crippen molar-refractivity contribution in [2.45, 2.75) is 18.9 Å². The molecule has 1 saturated heterocycles. The van der Waals surface area contributed by atoms with Gasteiger partial charge in [-0.05, 0) is 18.5 Å². The van der Waals surface area contributed by atoms with Crippen molar-refractivity contribution < 1.29 is 14.7 Å². The number of carboxylic acid groups (broad SMARTS) is 1. The van der Waals surface area contributed by atoms with Crippen molar-refractivity contribution in [1.82, 2.24) is 15.5 Å². The lowest BCUT2D eigenvalue weighted by Gasteiger charge is -2.24. The summed E-state index contributed by atoms with van der Waals surface area (Å²) in [7, 11) is 0. The van der Waals surface area contributed by atoms with Crippen molar-refractivity contribution in [3.8, 4) is 0 Å². The van der Waals surface area contributed by atoms with E-state index in [-0.39, 0.29) is 12.5 Å². The monoisotopic (exact) mass is 291 g/mol. The lowest BCUT2D eigenvalue weighted by Crippen LogP contribution is -2.43. The number of aliphatic carboxylic acids is 1. The summed E-state index contributed by atoms with van der Waals surface area (Å²) in [4.78, 5) is 25.1. The second kappa shape index (κ2) is 7.64. The highest BCUT2D eigenvalue weighted by molar-refractivity contribution is 5.76. The summed E-state index contributed by atoms with van der Waals surface area (Å²) in [5.74, 6) is -0.929. The van der Waals surface area contributed by atoms with Crippen molar-refractivity contribution in [3.63, 3.8) is 0 Å². The summed E-state index contributed by atoms with van der Waals surface area (Å²) >= 11 is 0. The van der Waals surface area contributed by atoms with Crippen LogP contribution in [-0.2, 0) is 4.79 Å². The Balaban J connectivity index is 2.03. The van der Waals surface area contributed by atoms with E-state index in [1.165, 1.54) is 0 Å². The number of nitrogens with zero attached hydrogens (tertiary/aromatic N) is 1. The van der Waals surface area contributed by atoms with Crippen LogP contribution in [0.2, 0.25) is 0 Å². The highest BCUT2D eigenvalue weighted by Crippen LogP contribution is 2.17. The molecule has 114 valence electrons. The molecule has 1 aromatic rings. The Kier molecular flexibility index (Phi) is 5.57. The largest absolute Gasteiger partial charge is 0.481 e. The first-order valence-electron chi connectivity index (χ1n) is 7.19. The molecular weight excluding hydrogens is 270 g/mol. The molecule has 1 fully saturated rings. The molecule has 6 heteroatoms. The zero-order valence-corrected chi connectivity index (χ0v) is 11.9. The number of nitrogens with one attached hydrogen (secondary N) is 2. The Morgan fingerprint density at radius 2 is 2.00 bits per heavy atom. The van der Waals surface area contributed by atoms with Gasteiger partial charge in [-0.3, -0.25) is 4.79 Å². The van der Waals surface area contributed by atoms with Gasteiger partial charge < -0.3 is 20.6 Å². The van der Waals surface area contributed by atoms with Gasteiger partial charge >= 0.3 is 12.0 Å². The van der Waals surface area contributed by atoms with Crippen molar-refractivity contribution in [2.24, 2.45) is 0 Å². The fourth-order valence-electron chi connectivity index (χ4n) is 2.40. The van der Waals surface area contributed by atoms with Gasteiger partial charge in [-0.2, -0.15) is 0 Å². The minimum Gasteiger partial charge on any atom is -0.481 e. The Morgan fingerprint density at radius 1 is 1.24 bits per heavy atom. The minimum atomic E-state index is -0.929. The van der Waals surface area contributed by atoms with Crippen LogP contribution in [0.1, 0.15) is 24.4 Å². The van der Waals surface area contributed by atoms with E-state index in [2.05, 4.69) is 10.6 Å². The molecule has 6 nitrogen and oxygen atoms in total. The number of carbonyl (C=O) groups is 2. The maximum Gasteiger partial charge on any atom is 0.317 e. The average molecular weight is 291 g/mol. The van der Waals surface area contributed by atoms with E-state index in [4.69, 9.17) is 5.11 Å². The van der Waals surface area contributed by atoms with Gasteiger partial charge in [0.2, 0.25) is 0 Å². The number of amides is 2. The molecular formula is C15H21N3O3. The first-order chi connectivity index (χ1) is 10.2. The van der Waals surface area contributed by atoms with E-state index in [1.807, 2.05) is 30.3 Å². The average Bonchev–Trinajstić information content (AvgIpc) is 2.76. The molecule has 21 heavy (non-hydrogen) atoms. The number of hydrogen-bond donors (Lipinski definition) is 3. The predicted octanol–water partition coefficient (Wildman–Crippen LogP) is 1.21. The van der Waals surface area contributed by atoms with E-state index in [0.29, 0.717) is 13.1 Å². The first kappa shape index (κ1) is 15.3. The van der Waals surface area contributed by atoms with Crippen LogP contribution >= 0.6 is 0 Å². The molecule has 2 amide bonds. The number of urea groups is 1. The van der Waals surface area contributed by atoms with Gasteiger partial charge in [0, 0.05) is 19.6 Å². The smallest absolute Gasteiger partial charge is 0.317 e. The number of carboxylic acids is 1. The molecule has 1 aromatic carbocycles. The molecule has 0 radical (unpaired) electrons. The van der Waals surface area contributed by atoms with Gasteiger partial charge in [0.1, 0.15) is 0 Å². The molecule has 1 unspecified atom stereocenters. The van der Waals surface area contributed by atoms with E-state index < -0.39 is 12.0 Å². The molecule has 0 bridgehead atoms. The van der Waals surface area contributed by atoms with E-state index in [9.17, 15) is 9.59 Å². The molecule has 0 aromatic heterocycles. The molecule has 0 saturated carbocycles. The molecule has 1 aliphatic rings. The van der Waals surface area contributed by atoms with Crippen LogP contribution < -0.4 is 10.6 Å². The Morgan fingerprint density at radius 3 is 2.71 bits per heavy atom. The molecule has 2 rings (SSSR count). The van der Waals surface area contributed by atoms with Crippen LogP contribution in [0, 0.1) is 0 Å². The van der Waals surface area contributed by atoms with Crippen LogP contribution in [0.3, 0.4) is 0 Å². The van der Waals surface area contributed by atoms with Gasteiger partial charge in [0.15, 0.2) is 0 Å². The number of hydrogen-bond acceptors (Lipinski definition) is 3. The van der Waals surface area contributed by atoms with Crippen LogP contribution in [0.25, 0.3) is 0 Å². The zero-order valence-electron chi connectivity index (χ0n) is 11.9. The van der Waals surface area contributed by atoms with Gasteiger partial charge in [0.25, 0.3) is 0 Å². The van der Waals surface area contributed by atoms with E-state index >= 15 is 0 Å². The minimum absolute atomic E-state index is 0.123. The van der Waals surface area contributed by atoms with Gasteiger partial charge in [-0.15, -0.1) is 0 Å². The molecule has 0 aliphatic carbocycles. The highest BCUT2D eigenvalue weighted by Gasteiger charge is 2.21. The van der Waals surface area contributed by atoms with Gasteiger partial charge in [0.05, 0.1) is 12.5 Å². The van der Waals surface area contributed by atoms with Crippen LogP contribution in [0.5, 0.6) is 0 Å². The fourth-order valence-corrected chi connectivity index (χ4v) is 2.40. The van der Waals surface area contributed by atoms with E-state index in [1.54, 1.807) is 4.90 Å². The van der Waals surface area contributed by atoms with Crippen LogP contribution in [0.4, 0.5) is 4.79 Å². The van der Waals surface area contributed by atoms with Crippen molar-refractivity contribution in [2.75, 3.05) is 26.2 Å². The molecule has 3 N–H and O–H groups in total. The first-order valence-corrected chi connectivity index (χ1v) is 7.19. The third kappa shape index (κ3) is 4.75. The van der Waals surface area contributed by atoms with Crippen LogP contribution in [0.15, 0.2) is 30.3 Å². The molecule has 1 heterocycles. The van der Waals surface area contributed by atoms with Crippen molar-refractivity contribution in [3.05, 3.63) is 35.9 Å². The third-order valence-corrected chi connectivity index (χ3v) is 3.51. The van der Waals surface area contributed by atoms with Crippen molar-refractivity contribution in [1.29, 1.82) is 0 Å². The van der Waals surface area contributed by atoms with Crippen LogP contribution in [-0.4, -0.2) is 48.2 Å². The molecule has 1 atom stereocenters. The maximum atomic E-state index is 12.3. The Hall–Kier alpha value is -2.08. The number of carbonyl (C=O) groups excluding carboxylic acids is 1. The summed E-state index contributed by atoms with van der Waals surface area (Å²) < 4.78 is 0. The summed E-state index contributed by atoms with van der Waals surface area (Å²) in [5, 5.41) is 15.1.